The van der Waals surface area contributed by atoms with Crippen LogP contribution >= 0.6 is 0 Å². The molecule has 0 spiro atoms. The lowest BCUT2D eigenvalue weighted by molar-refractivity contribution is 0.0600. The van der Waals surface area contributed by atoms with Crippen molar-refractivity contribution >= 4 is 17.6 Å². The first-order valence-electron chi connectivity index (χ1n) is 8.28. The second-order valence-electron chi connectivity index (χ2n) is 5.70. The molecule has 0 bridgehead atoms. The van der Waals surface area contributed by atoms with E-state index in [1.54, 1.807) is 24.3 Å². The van der Waals surface area contributed by atoms with E-state index in [4.69, 9.17) is 4.74 Å². The molecular formula is C20H23NO4. The van der Waals surface area contributed by atoms with E-state index < -0.39 is 5.97 Å². The number of rotatable bonds is 7. The van der Waals surface area contributed by atoms with Crippen LogP contribution in [-0.2, 0) is 4.74 Å². The highest BCUT2D eigenvalue weighted by Gasteiger charge is 2.10. The third-order valence-electron chi connectivity index (χ3n) is 3.78. The molecule has 0 radical (unpaired) electrons. The van der Waals surface area contributed by atoms with Crippen LogP contribution in [0.4, 0.5) is 5.69 Å². The first kappa shape index (κ1) is 18.5. The average Bonchev–Trinajstić information content (AvgIpc) is 2.63. The fourth-order valence-electron chi connectivity index (χ4n) is 2.27. The quantitative estimate of drug-likeness (QED) is 0.605. The van der Waals surface area contributed by atoms with Gasteiger partial charge >= 0.3 is 5.97 Å². The average molecular weight is 341 g/mol. The number of esters is 1. The fourth-order valence-corrected chi connectivity index (χ4v) is 2.27. The summed E-state index contributed by atoms with van der Waals surface area (Å²) in [5, 5.41) is 2.87. The first-order valence-corrected chi connectivity index (χ1v) is 8.28. The van der Waals surface area contributed by atoms with Gasteiger partial charge in [0, 0.05) is 11.3 Å². The Bertz CT molecular complexity index is 738. The molecule has 5 nitrogen and oxygen atoms in total. The van der Waals surface area contributed by atoms with E-state index in [1.807, 2.05) is 25.1 Å². The third kappa shape index (κ3) is 5.08. The number of ether oxygens (including phenoxy) is 2. The summed E-state index contributed by atoms with van der Waals surface area (Å²) in [5.74, 6) is 0.131. The van der Waals surface area contributed by atoms with Gasteiger partial charge in [-0.15, -0.1) is 0 Å². The first-order chi connectivity index (χ1) is 12.0. The maximum atomic E-state index is 12.4. The maximum Gasteiger partial charge on any atom is 0.337 e. The minimum absolute atomic E-state index is 0.237. The van der Waals surface area contributed by atoms with Gasteiger partial charge in [0.2, 0.25) is 0 Å². The number of anilines is 1. The summed E-state index contributed by atoms with van der Waals surface area (Å²) in [6.07, 6.45) is 2.10. The van der Waals surface area contributed by atoms with Crippen molar-refractivity contribution in [3.8, 4) is 5.75 Å². The summed E-state index contributed by atoms with van der Waals surface area (Å²) >= 11 is 0. The predicted octanol–water partition coefficient (Wildman–Crippen LogP) is 4.21. The van der Waals surface area contributed by atoms with Crippen molar-refractivity contribution in [1.82, 2.24) is 0 Å². The van der Waals surface area contributed by atoms with Gasteiger partial charge in [-0.05, 0) is 61.4 Å². The summed E-state index contributed by atoms with van der Waals surface area (Å²) < 4.78 is 10.3. The highest BCUT2D eigenvalue weighted by Crippen LogP contribution is 2.22. The van der Waals surface area contributed by atoms with Crippen LogP contribution in [0.2, 0.25) is 0 Å². The van der Waals surface area contributed by atoms with Crippen molar-refractivity contribution in [3.63, 3.8) is 0 Å². The van der Waals surface area contributed by atoms with Crippen molar-refractivity contribution in [2.75, 3.05) is 19.0 Å². The van der Waals surface area contributed by atoms with E-state index in [2.05, 4.69) is 17.0 Å². The third-order valence-corrected chi connectivity index (χ3v) is 3.78. The highest BCUT2D eigenvalue weighted by atomic mass is 16.5. The smallest absolute Gasteiger partial charge is 0.337 e. The fraction of sp³-hybridized carbons (Fsp3) is 0.300. The van der Waals surface area contributed by atoms with Crippen LogP contribution in [0.15, 0.2) is 42.5 Å². The Labute approximate surface area is 148 Å². The van der Waals surface area contributed by atoms with Crippen molar-refractivity contribution < 1.29 is 19.1 Å². The van der Waals surface area contributed by atoms with Crippen molar-refractivity contribution in [1.29, 1.82) is 0 Å². The maximum absolute atomic E-state index is 12.4. The van der Waals surface area contributed by atoms with Gasteiger partial charge in [0.05, 0.1) is 19.3 Å². The standard InChI is InChI=1S/C20H23NO4/c1-4-5-12-25-17-10-11-18(14(2)13-17)21-19(22)15-6-8-16(9-7-15)20(23)24-3/h6-11,13H,4-5,12H2,1-3H3,(H,21,22). The van der Waals surface area contributed by atoms with E-state index in [0.29, 0.717) is 17.7 Å². The Morgan fingerprint density at radius 3 is 2.32 bits per heavy atom. The van der Waals surface area contributed by atoms with Gasteiger partial charge in [0.1, 0.15) is 5.75 Å². The van der Waals surface area contributed by atoms with E-state index in [9.17, 15) is 9.59 Å². The molecule has 0 atom stereocenters. The minimum Gasteiger partial charge on any atom is -0.494 e. The minimum atomic E-state index is -0.429. The molecule has 5 heteroatoms. The van der Waals surface area contributed by atoms with Crippen molar-refractivity contribution in [2.24, 2.45) is 0 Å². The van der Waals surface area contributed by atoms with Crippen LogP contribution < -0.4 is 10.1 Å². The molecule has 0 aliphatic rings. The van der Waals surface area contributed by atoms with Crippen LogP contribution in [0, 0.1) is 6.92 Å². The number of amides is 1. The van der Waals surface area contributed by atoms with Gasteiger partial charge in [0.15, 0.2) is 0 Å². The van der Waals surface area contributed by atoms with E-state index in [-0.39, 0.29) is 5.91 Å². The number of hydrogen-bond donors (Lipinski definition) is 1. The zero-order chi connectivity index (χ0) is 18.2. The summed E-state index contributed by atoms with van der Waals surface area (Å²) in [6.45, 7) is 4.72. The second kappa shape index (κ2) is 8.87. The van der Waals surface area contributed by atoms with Gasteiger partial charge in [0.25, 0.3) is 5.91 Å². The number of hydrogen-bond acceptors (Lipinski definition) is 4. The zero-order valence-corrected chi connectivity index (χ0v) is 14.8. The molecule has 1 amide bonds. The van der Waals surface area contributed by atoms with Crippen LogP contribution in [0.1, 0.15) is 46.0 Å². The van der Waals surface area contributed by atoms with E-state index in [1.165, 1.54) is 7.11 Å². The molecular weight excluding hydrogens is 318 g/mol. The van der Waals surface area contributed by atoms with E-state index in [0.717, 1.165) is 29.8 Å². The summed E-state index contributed by atoms with van der Waals surface area (Å²) in [6, 6.07) is 11.9. The molecule has 0 saturated carbocycles. The molecule has 2 aromatic carbocycles. The molecule has 0 aromatic heterocycles. The number of nitrogens with one attached hydrogen (secondary N) is 1. The number of unbranched alkanes of at least 4 members (excludes halogenated alkanes) is 1. The molecule has 0 unspecified atom stereocenters. The molecule has 0 aliphatic heterocycles. The molecule has 0 saturated heterocycles. The monoisotopic (exact) mass is 341 g/mol. The molecule has 0 fully saturated rings. The van der Waals surface area contributed by atoms with Crippen molar-refractivity contribution in [2.45, 2.75) is 26.7 Å². The molecule has 2 rings (SSSR count). The Morgan fingerprint density at radius 1 is 1.04 bits per heavy atom. The number of carbonyl (C=O) groups is 2. The molecule has 25 heavy (non-hydrogen) atoms. The van der Waals surface area contributed by atoms with Gasteiger partial charge in [-0.1, -0.05) is 13.3 Å². The molecule has 0 heterocycles. The topological polar surface area (TPSA) is 64.6 Å². The summed E-state index contributed by atoms with van der Waals surface area (Å²) in [4.78, 5) is 23.8. The zero-order valence-electron chi connectivity index (χ0n) is 14.8. The van der Waals surface area contributed by atoms with Crippen LogP contribution in [0.3, 0.4) is 0 Å². The second-order valence-corrected chi connectivity index (χ2v) is 5.70. The van der Waals surface area contributed by atoms with E-state index >= 15 is 0 Å². The van der Waals surface area contributed by atoms with Gasteiger partial charge in [-0.3, -0.25) is 4.79 Å². The van der Waals surface area contributed by atoms with Crippen LogP contribution in [0.5, 0.6) is 5.75 Å². The summed E-state index contributed by atoms with van der Waals surface area (Å²) in [7, 11) is 1.32. The molecule has 2 aromatic rings. The van der Waals surface area contributed by atoms with Crippen molar-refractivity contribution in [3.05, 3.63) is 59.2 Å². The Kier molecular flexibility index (Phi) is 6.57. The largest absolute Gasteiger partial charge is 0.494 e. The lowest BCUT2D eigenvalue weighted by Crippen LogP contribution is -2.13. The Morgan fingerprint density at radius 2 is 1.72 bits per heavy atom. The number of benzene rings is 2. The Hall–Kier alpha value is -2.82. The predicted molar refractivity (Wildman–Crippen MR) is 97.3 cm³/mol. The van der Waals surface area contributed by atoms with Gasteiger partial charge in [-0.25, -0.2) is 4.79 Å². The molecule has 1 N–H and O–H groups in total. The highest BCUT2D eigenvalue weighted by molar-refractivity contribution is 6.05. The number of aryl methyl sites for hydroxylation is 1. The lowest BCUT2D eigenvalue weighted by Gasteiger charge is -2.11. The van der Waals surface area contributed by atoms with Crippen LogP contribution in [-0.4, -0.2) is 25.6 Å². The molecule has 0 aliphatic carbocycles. The van der Waals surface area contributed by atoms with Crippen LogP contribution in [0.25, 0.3) is 0 Å². The number of carbonyl (C=O) groups excluding carboxylic acids is 2. The van der Waals surface area contributed by atoms with Gasteiger partial charge in [-0.2, -0.15) is 0 Å². The lowest BCUT2D eigenvalue weighted by atomic mass is 10.1. The normalized spacial score (nSPS) is 10.2. The SMILES string of the molecule is CCCCOc1ccc(NC(=O)c2ccc(C(=O)OC)cc2)c(C)c1. The summed E-state index contributed by atoms with van der Waals surface area (Å²) in [5.41, 5.74) is 2.53. The molecule has 132 valence electrons. The Balaban J connectivity index is 2.03. The number of methoxy groups -OCH3 is 1. The van der Waals surface area contributed by atoms with Gasteiger partial charge < -0.3 is 14.8 Å².